The molecule has 1 amide bonds. The summed E-state index contributed by atoms with van der Waals surface area (Å²) in [5.74, 6) is -2.65. The highest BCUT2D eigenvalue weighted by molar-refractivity contribution is 7.92. The molecule has 2 fully saturated rings. The maximum atomic E-state index is 12.6. The molecule has 0 unspecified atom stereocenters. The number of carbonyl (C=O) groups is 2. The first-order chi connectivity index (χ1) is 16.4. The fraction of sp³-hybridized carbons (Fsp3) is 0.417. The van der Waals surface area contributed by atoms with Gasteiger partial charge in [0.05, 0.1) is 10.3 Å². The van der Waals surface area contributed by atoms with E-state index in [1.54, 1.807) is 24.3 Å². The summed E-state index contributed by atoms with van der Waals surface area (Å²) in [7, 11) is -3.63. The quantitative estimate of drug-likeness (QED) is 0.486. The van der Waals surface area contributed by atoms with E-state index in [1.165, 1.54) is 0 Å². The van der Waals surface area contributed by atoms with E-state index in [9.17, 15) is 26.4 Å². The maximum Gasteiger partial charge on any atom is 0.490 e. The Kier molecular flexibility index (Phi) is 7.78. The Morgan fingerprint density at radius 2 is 1.57 bits per heavy atom. The van der Waals surface area contributed by atoms with Gasteiger partial charge in [-0.05, 0) is 67.5 Å². The van der Waals surface area contributed by atoms with E-state index >= 15 is 0 Å². The third-order valence-electron chi connectivity index (χ3n) is 5.80. The number of carbonyl (C=O) groups excluding carboxylic acids is 1. The summed E-state index contributed by atoms with van der Waals surface area (Å²) in [6.45, 7) is 2.09. The van der Waals surface area contributed by atoms with Crippen LogP contribution in [0, 0.1) is 0 Å². The van der Waals surface area contributed by atoms with E-state index < -0.39 is 27.6 Å². The van der Waals surface area contributed by atoms with Crippen LogP contribution in [0.15, 0.2) is 53.4 Å². The molecule has 0 bridgehead atoms. The highest BCUT2D eigenvalue weighted by Gasteiger charge is 2.52. The predicted octanol–water partition coefficient (Wildman–Crippen LogP) is 4.38. The standard InChI is InChI=1S/C22H26N2O3S.C2HF3O2/c1-2-3-16-4-12-20(13-5-16)28(26,27)24-19-8-6-17(7-9-19)22(14-15-22)21(25)23-18-10-11-18;3-2(4,5)1(6)7/h4-9,12-13,18,24H,2-3,10-11,14-15H2,1H3,(H,23,25);(H,6,7). The summed E-state index contributed by atoms with van der Waals surface area (Å²) in [5.41, 5.74) is 2.16. The molecule has 0 spiro atoms. The van der Waals surface area contributed by atoms with Gasteiger partial charge in [0, 0.05) is 11.7 Å². The van der Waals surface area contributed by atoms with Crippen molar-refractivity contribution in [2.24, 2.45) is 0 Å². The summed E-state index contributed by atoms with van der Waals surface area (Å²) >= 11 is 0. The third kappa shape index (κ3) is 6.97. The Labute approximate surface area is 201 Å². The normalized spacial score (nSPS) is 16.5. The number of carboxylic acids is 1. The minimum Gasteiger partial charge on any atom is -0.475 e. The van der Waals surface area contributed by atoms with Crippen molar-refractivity contribution < 1.29 is 36.3 Å². The van der Waals surface area contributed by atoms with Crippen LogP contribution in [0.2, 0.25) is 0 Å². The van der Waals surface area contributed by atoms with E-state index in [0.29, 0.717) is 11.7 Å². The van der Waals surface area contributed by atoms with Crippen LogP contribution >= 0.6 is 0 Å². The second-order valence-electron chi connectivity index (χ2n) is 8.71. The molecular weight excluding hydrogens is 485 g/mol. The van der Waals surface area contributed by atoms with Gasteiger partial charge < -0.3 is 10.4 Å². The van der Waals surface area contributed by atoms with Crippen LogP contribution < -0.4 is 10.0 Å². The average Bonchev–Trinajstić information content (AvgIpc) is 3.70. The number of alkyl halides is 3. The molecule has 2 aliphatic rings. The molecule has 0 radical (unpaired) electrons. The van der Waals surface area contributed by atoms with Crippen LogP contribution in [0.3, 0.4) is 0 Å². The first-order valence-corrected chi connectivity index (χ1v) is 12.7. The lowest BCUT2D eigenvalue weighted by molar-refractivity contribution is -0.192. The molecule has 4 rings (SSSR count). The number of hydrogen-bond acceptors (Lipinski definition) is 4. The van der Waals surface area contributed by atoms with E-state index in [4.69, 9.17) is 9.90 Å². The van der Waals surface area contributed by atoms with Crippen LogP contribution in [-0.2, 0) is 31.4 Å². The van der Waals surface area contributed by atoms with Gasteiger partial charge in [-0.25, -0.2) is 13.2 Å². The average molecular weight is 513 g/mol. The molecule has 2 aliphatic carbocycles. The molecule has 2 aromatic rings. The molecule has 0 heterocycles. The van der Waals surface area contributed by atoms with Crippen LogP contribution in [0.25, 0.3) is 0 Å². The van der Waals surface area contributed by atoms with Gasteiger partial charge in [-0.3, -0.25) is 9.52 Å². The fourth-order valence-electron chi connectivity index (χ4n) is 3.52. The lowest BCUT2D eigenvalue weighted by atomic mass is 9.95. The number of sulfonamides is 1. The third-order valence-corrected chi connectivity index (χ3v) is 7.20. The first kappa shape index (κ1) is 26.5. The van der Waals surface area contributed by atoms with Crippen molar-refractivity contribution in [2.75, 3.05) is 4.72 Å². The number of carboxylic acid groups (broad SMARTS) is 1. The second kappa shape index (κ2) is 10.3. The Bertz CT molecular complexity index is 1160. The lowest BCUT2D eigenvalue weighted by Crippen LogP contribution is -2.36. The SMILES string of the molecule is CCCc1ccc(S(=O)(=O)Nc2ccc(C3(C(=O)NC4CC4)CC3)cc2)cc1.O=C(O)C(F)(F)F. The van der Waals surface area contributed by atoms with Crippen molar-refractivity contribution in [3.8, 4) is 0 Å². The minimum atomic E-state index is -5.08. The van der Waals surface area contributed by atoms with Gasteiger partial charge in [0.15, 0.2) is 0 Å². The summed E-state index contributed by atoms with van der Waals surface area (Å²) in [6.07, 6.45) is 0.716. The molecule has 0 saturated heterocycles. The molecule has 11 heteroatoms. The van der Waals surface area contributed by atoms with Gasteiger partial charge in [0.25, 0.3) is 10.0 Å². The van der Waals surface area contributed by atoms with Crippen molar-refractivity contribution in [1.82, 2.24) is 5.32 Å². The summed E-state index contributed by atoms with van der Waals surface area (Å²) in [4.78, 5) is 21.7. The van der Waals surface area contributed by atoms with Crippen molar-refractivity contribution in [1.29, 1.82) is 0 Å². The molecule has 35 heavy (non-hydrogen) atoms. The number of halogens is 3. The van der Waals surface area contributed by atoms with E-state index in [-0.39, 0.29) is 10.8 Å². The minimum absolute atomic E-state index is 0.107. The highest BCUT2D eigenvalue weighted by atomic mass is 32.2. The van der Waals surface area contributed by atoms with Crippen LogP contribution in [0.4, 0.5) is 18.9 Å². The van der Waals surface area contributed by atoms with Crippen LogP contribution in [0.1, 0.15) is 50.2 Å². The zero-order valence-corrected chi connectivity index (χ0v) is 19.9. The number of hydrogen-bond donors (Lipinski definition) is 3. The molecule has 3 N–H and O–H groups in total. The zero-order valence-electron chi connectivity index (χ0n) is 19.1. The smallest absolute Gasteiger partial charge is 0.475 e. The van der Waals surface area contributed by atoms with Crippen molar-refractivity contribution in [3.05, 3.63) is 59.7 Å². The molecule has 0 atom stereocenters. The van der Waals surface area contributed by atoms with E-state index in [1.807, 2.05) is 24.3 Å². The highest BCUT2D eigenvalue weighted by Crippen LogP contribution is 2.49. The number of aliphatic carboxylic acids is 1. The Morgan fingerprint density at radius 3 is 2.00 bits per heavy atom. The summed E-state index contributed by atoms with van der Waals surface area (Å²) < 4.78 is 59.6. The second-order valence-corrected chi connectivity index (χ2v) is 10.4. The lowest BCUT2D eigenvalue weighted by Gasteiger charge is -2.16. The number of aryl methyl sites for hydroxylation is 1. The monoisotopic (exact) mass is 512 g/mol. The number of rotatable bonds is 8. The maximum absolute atomic E-state index is 12.6. The number of benzene rings is 2. The molecule has 0 aliphatic heterocycles. The predicted molar refractivity (Wildman–Crippen MR) is 123 cm³/mol. The zero-order chi connectivity index (χ0) is 25.9. The van der Waals surface area contributed by atoms with Gasteiger partial charge >= 0.3 is 12.1 Å². The van der Waals surface area contributed by atoms with E-state index in [2.05, 4.69) is 17.0 Å². The molecule has 0 aromatic heterocycles. The van der Waals surface area contributed by atoms with Gasteiger partial charge in [0.1, 0.15) is 0 Å². The topological polar surface area (TPSA) is 113 Å². The summed E-state index contributed by atoms with van der Waals surface area (Å²) in [5, 5.41) is 10.2. The van der Waals surface area contributed by atoms with Gasteiger partial charge in [0.2, 0.25) is 5.91 Å². The Balaban J connectivity index is 0.000000429. The molecule has 2 saturated carbocycles. The number of amides is 1. The van der Waals surface area contributed by atoms with Crippen LogP contribution in [0.5, 0.6) is 0 Å². The Morgan fingerprint density at radius 1 is 1.03 bits per heavy atom. The number of nitrogens with one attached hydrogen (secondary N) is 2. The number of anilines is 1. The van der Waals surface area contributed by atoms with Crippen molar-refractivity contribution >= 4 is 27.6 Å². The van der Waals surface area contributed by atoms with Gasteiger partial charge in [-0.15, -0.1) is 0 Å². The largest absolute Gasteiger partial charge is 0.490 e. The van der Waals surface area contributed by atoms with Gasteiger partial charge in [-0.2, -0.15) is 13.2 Å². The van der Waals surface area contributed by atoms with Crippen molar-refractivity contribution in [3.63, 3.8) is 0 Å². The fourth-order valence-corrected chi connectivity index (χ4v) is 4.58. The van der Waals surface area contributed by atoms with Crippen molar-refractivity contribution in [2.45, 2.75) is 68.0 Å². The summed E-state index contributed by atoms with van der Waals surface area (Å²) in [6, 6.07) is 14.5. The van der Waals surface area contributed by atoms with Gasteiger partial charge in [-0.1, -0.05) is 37.6 Å². The first-order valence-electron chi connectivity index (χ1n) is 11.2. The van der Waals surface area contributed by atoms with E-state index in [0.717, 1.165) is 49.7 Å². The van der Waals surface area contributed by atoms with Crippen LogP contribution in [-0.4, -0.2) is 37.6 Å². The molecule has 190 valence electrons. The molecular formula is C24H27F3N2O5S. The Hall–Kier alpha value is -3.08. The molecule has 7 nitrogen and oxygen atoms in total. The molecule has 2 aromatic carbocycles.